The lowest BCUT2D eigenvalue weighted by atomic mass is 9.94. The van der Waals surface area contributed by atoms with Gasteiger partial charge in [0.1, 0.15) is 18.2 Å². The fourth-order valence-electron chi connectivity index (χ4n) is 5.31. The molecule has 1 unspecified atom stereocenters. The standard InChI is InChI=1S/C35H33NO6/c1-35(2,3)42-33(39)23-18-16-22(17-19-23)25-11-5-4-10-24(25)20-31(32(37)38)36-34(40)41-21-30-28-14-8-6-12-26(28)27-13-7-9-15-29(27)30/h4-19,30-31H,20-21H2,1-3H3,(H,36,40)(H,37,38). The van der Waals surface area contributed by atoms with Crippen LogP contribution in [0.3, 0.4) is 0 Å². The molecule has 0 aliphatic heterocycles. The molecular weight excluding hydrogens is 530 g/mol. The zero-order valence-electron chi connectivity index (χ0n) is 23.8. The molecule has 0 radical (unpaired) electrons. The van der Waals surface area contributed by atoms with E-state index in [0.717, 1.165) is 38.9 Å². The van der Waals surface area contributed by atoms with Gasteiger partial charge < -0.3 is 19.9 Å². The van der Waals surface area contributed by atoms with Crippen molar-refractivity contribution in [3.05, 3.63) is 119 Å². The van der Waals surface area contributed by atoms with Crippen LogP contribution in [0.25, 0.3) is 22.3 Å². The van der Waals surface area contributed by atoms with Crippen molar-refractivity contribution in [1.82, 2.24) is 5.32 Å². The Morgan fingerprint density at radius 1 is 0.786 bits per heavy atom. The van der Waals surface area contributed by atoms with Crippen molar-refractivity contribution in [2.24, 2.45) is 0 Å². The lowest BCUT2D eigenvalue weighted by Gasteiger charge is -2.20. The number of amides is 1. The maximum Gasteiger partial charge on any atom is 0.407 e. The van der Waals surface area contributed by atoms with Crippen LogP contribution in [0, 0.1) is 0 Å². The lowest BCUT2D eigenvalue weighted by Crippen LogP contribution is -2.43. The number of alkyl carbamates (subject to hydrolysis) is 1. The number of nitrogens with one attached hydrogen (secondary N) is 1. The summed E-state index contributed by atoms with van der Waals surface area (Å²) in [5, 5.41) is 12.5. The van der Waals surface area contributed by atoms with Crippen LogP contribution in [0.15, 0.2) is 97.1 Å². The number of fused-ring (bicyclic) bond motifs is 3. The third-order valence-corrected chi connectivity index (χ3v) is 7.21. The van der Waals surface area contributed by atoms with Crippen LogP contribution in [0.2, 0.25) is 0 Å². The van der Waals surface area contributed by atoms with Crippen LogP contribution in [0.5, 0.6) is 0 Å². The van der Waals surface area contributed by atoms with Gasteiger partial charge >= 0.3 is 18.0 Å². The van der Waals surface area contributed by atoms with Crippen LogP contribution >= 0.6 is 0 Å². The highest BCUT2D eigenvalue weighted by Gasteiger charge is 2.30. The highest BCUT2D eigenvalue weighted by atomic mass is 16.6. The van der Waals surface area contributed by atoms with Gasteiger partial charge in [0.2, 0.25) is 0 Å². The molecule has 0 heterocycles. The molecule has 0 aromatic heterocycles. The topological polar surface area (TPSA) is 102 Å². The Bertz CT molecular complexity index is 1570. The summed E-state index contributed by atoms with van der Waals surface area (Å²) < 4.78 is 11.0. The molecular formula is C35H33NO6. The summed E-state index contributed by atoms with van der Waals surface area (Å²) >= 11 is 0. The van der Waals surface area contributed by atoms with Gasteiger partial charge in [0.15, 0.2) is 0 Å². The van der Waals surface area contributed by atoms with E-state index in [-0.39, 0.29) is 18.9 Å². The number of rotatable bonds is 8. The van der Waals surface area contributed by atoms with E-state index in [0.29, 0.717) is 5.56 Å². The number of aliphatic carboxylic acids is 1. The number of hydrogen-bond donors (Lipinski definition) is 2. The smallest absolute Gasteiger partial charge is 0.407 e. The third kappa shape index (κ3) is 6.36. The molecule has 5 rings (SSSR count). The average molecular weight is 564 g/mol. The monoisotopic (exact) mass is 563 g/mol. The van der Waals surface area contributed by atoms with Crippen molar-refractivity contribution < 1.29 is 29.0 Å². The number of carboxylic acids is 1. The molecule has 0 fully saturated rings. The first-order valence-electron chi connectivity index (χ1n) is 13.9. The van der Waals surface area contributed by atoms with E-state index in [4.69, 9.17) is 9.47 Å². The Balaban J connectivity index is 1.27. The van der Waals surface area contributed by atoms with Gasteiger partial charge in [-0.15, -0.1) is 0 Å². The van der Waals surface area contributed by atoms with E-state index in [1.165, 1.54) is 0 Å². The second kappa shape index (κ2) is 11.9. The Hall–Kier alpha value is -4.91. The molecule has 0 saturated carbocycles. The zero-order valence-corrected chi connectivity index (χ0v) is 23.8. The number of esters is 1. The Labute approximate surface area is 245 Å². The van der Waals surface area contributed by atoms with Crippen molar-refractivity contribution in [1.29, 1.82) is 0 Å². The SMILES string of the molecule is CC(C)(C)OC(=O)c1ccc(-c2ccccc2CC(NC(=O)OCC2c3ccccc3-c3ccccc32)C(=O)O)cc1. The molecule has 42 heavy (non-hydrogen) atoms. The normalized spacial score (nSPS) is 13.0. The summed E-state index contributed by atoms with van der Waals surface area (Å²) in [6.45, 7) is 5.52. The van der Waals surface area contributed by atoms with Crippen LogP contribution in [0.1, 0.15) is 53.7 Å². The first-order chi connectivity index (χ1) is 20.1. The van der Waals surface area contributed by atoms with Gasteiger partial charge in [-0.3, -0.25) is 0 Å². The van der Waals surface area contributed by atoms with Crippen LogP contribution < -0.4 is 5.32 Å². The molecule has 1 aliphatic rings. The average Bonchev–Trinajstić information content (AvgIpc) is 3.29. The van der Waals surface area contributed by atoms with Crippen molar-refractivity contribution in [3.8, 4) is 22.3 Å². The molecule has 0 bridgehead atoms. The second-order valence-corrected chi connectivity index (χ2v) is 11.3. The van der Waals surface area contributed by atoms with Crippen molar-refractivity contribution in [3.63, 3.8) is 0 Å². The summed E-state index contributed by atoms with van der Waals surface area (Å²) in [6, 6.07) is 29.2. The highest BCUT2D eigenvalue weighted by Crippen LogP contribution is 2.44. The minimum Gasteiger partial charge on any atom is -0.480 e. The van der Waals surface area contributed by atoms with Gasteiger partial charge in [0.25, 0.3) is 0 Å². The van der Waals surface area contributed by atoms with Crippen molar-refractivity contribution >= 4 is 18.0 Å². The summed E-state index contributed by atoms with van der Waals surface area (Å²) in [5.74, 6) is -1.71. The Morgan fingerprint density at radius 3 is 1.90 bits per heavy atom. The molecule has 0 spiro atoms. The largest absolute Gasteiger partial charge is 0.480 e. The third-order valence-electron chi connectivity index (χ3n) is 7.21. The Morgan fingerprint density at radius 2 is 1.33 bits per heavy atom. The minimum atomic E-state index is -1.21. The summed E-state index contributed by atoms with van der Waals surface area (Å²) in [5.41, 5.74) is 6.54. The predicted molar refractivity (Wildman–Crippen MR) is 160 cm³/mol. The molecule has 1 amide bonds. The molecule has 1 aliphatic carbocycles. The molecule has 214 valence electrons. The summed E-state index contributed by atoms with van der Waals surface area (Å²) in [6.07, 6.45) is -0.743. The van der Waals surface area contributed by atoms with E-state index in [2.05, 4.69) is 17.4 Å². The number of carbonyl (C=O) groups excluding carboxylic acids is 2. The van der Waals surface area contributed by atoms with E-state index in [1.807, 2.05) is 81.4 Å². The minimum absolute atomic E-state index is 0.0452. The van der Waals surface area contributed by atoms with Gasteiger partial charge in [0, 0.05) is 12.3 Å². The van der Waals surface area contributed by atoms with Gasteiger partial charge in [-0.25, -0.2) is 14.4 Å². The summed E-state index contributed by atoms with van der Waals surface area (Å²) in [7, 11) is 0. The predicted octanol–water partition coefficient (Wildman–Crippen LogP) is 6.84. The number of carbonyl (C=O) groups is 3. The maximum atomic E-state index is 12.8. The van der Waals surface area contributed by atoms with Crippen molar-refractivity contribution in [2.45, 2.75) is 44.8 Å². The first kappa shape index (κ1) is 28.6. The van der Waals surface area contributed by atoms with E-state index >= 15 is 0 Å². The van der Waals surface area contributed by atoms with Gasteiger partial charge in [-0.1, -0.05) is 84.9 Å². The first-order valence-corrected chi connectivity index (χ1v) is 13.9. The number of ether oxygens (including phenoxy) is 2. The Kier molecular flexibility index (Phi) is 8.11. The fourth-order valence-corrected chi connectivity index (χ4v) is 5.31. The van der Waals surface area contributed by atoms with Crippen LogP contribution in [-0.2, 0) is 20.7 Å². The number of carboxylic acid groups (broad SMARTS) is 1. The molecule has 4 aromatic carbocycles. The lowest BCUT2D eigenvalue weighted by molar-refractivity contribution is -0.139. The second-order valence-electron chi connectivity index (χ2n) is 11.3. The fraction of sp³-hybridized carbons (Fsp3) is 0.229. The number of benzene rings is 4. The van der Waals surface area contributed by atoms with E-state index in [9.17, 15) is 19.5 Å². The van der Waals surface area contributed by atoms with Crippen LogP contribution in [0.4, 0.5) is 4.79 Å². The van der Waals surface area contributed by atoms with Gasteiger partial charge in [0.05, 0.1) is 5.56 Å². The maximum absolute atomic E-state index is 12.8. The molecule has 2 N–H and O–H groups in total. The molecule has 7 heteroatoms. The molecule has 0 saturated heterocycles. The highest BCUT2D eigenvalue weighted by molar-refractivity contribution is 5.90. The quantitative estimate of drug-likeness (QED) is 0.228. The zero-order chi connectivity index (χ0) is 29.9. The van der Waals surface area contributed by atoms with Gasteiger partial charge in [-0.05, 0) is 71.8 Å². The van der Waals surface area contributed by atoms with Crippen molar-refractivity contribution in [2.75, 3.05) is 6.61 Å². The van der Waals surface area contributed by atoms with E-state index < -0.39 is 29.7 Å². The molecule has 7 nitrogen and oxygen atoms in total. The van der Waals surface area contributed by atoms with E-state index in [1.54, 1.807) is 24.3 Å². The van der Waals surface area contributed by atoms with Gasteiger partial charge in [-0.2, -0.15) is 0 Å². The number of hydrogen-bond acceptors (Lipinski definition) is 5. The van der Waals surface area contributed by atoms with Crippen LogP contribution in [-0.4, -0.2) is 41.4 Å². The summed E-state index contributed by atoms with van der Waals surface area (Å²) in [4.78, 5) is 37.4. The molecule has 4 aromatic rings. The molecule has 1 atom stereocenters.